The van der Waals surface area contributed by atoms with E-state index < -0.39 is 27.1 Å². The Hall–Kier alpha value is 0.491. The van der Waals surface area contributed by atoms with Crippen molar-refractivity contribution in [2.75, 3.05) is 0 Å². The van der Waals surface area contributed by atoms with Gasteiger partial charge < -0.3 is 17.1 Å². The van der Waals surface area contributed by atoms with Crippen molar-refractivity contribution in [3.63, 3.8) is 0 Å². The summed E-state index contributed by atoms with van der Waals surface area (Å²) in [5.74, 6) is 0. The molecule has 7 heteroatoms. The van der Waals surface area contributed by atoms with Crippen LogP contribution in [0.25, 0.3) is 0 Å². The van der Waals surface area contributed by atoms with E-state index in [0.29, 0.717) is 16.6 Å². The molecule has 0 spiro atoms. The van der Waals surface area contributed by atoms with Crippen LogP contribution in [-0.2, 0) is 17.1 Å². The molecule has 1 heterocycles. The Morgan fingerprint density at radius 3 is 1.50 bits per heavy atom. The Balaban J connectivity index is 3.12. The fourth-order valence-electron chi connectivity index (χ4n) is 2.71. The zero-order valence-corrected chi connectivity index (χ0v) is 19.4. The molecule has 0 aromatic heterocycles. The second kappa shape index (κ2) is 7.59. The van der Waals surface area contributed by atoms with Crippen molar-refractivity contribution in [1.29, 1.82) is 0 Å². The van der Waals surface area contributed by atoms with Crippen LogP contribution in [0.5, 0.6) is 0 Å². The lowest BCUT2D eigenvalue weighted by Gasteiger charge is -2.50. The van der Waals surface area contributed by atoms with Gasteiger partial charge in [0.25, 0.3) is 0 Å². The maximum absolute atomic E-state index is 6.63. The van der Waals surface area contributed by atoms with Gasteiger partial charge in [-0.15, -0.1) is 0 Å². The van der Waals surface area contributed by atoms with Crippen LogP contribution in [0, 0.1) is 0 Å². The first-order chi connectivity index (χ1) is 9.89. The number of hydrogen-bond acceptors (Lipinski definition) is 4. The van der Waals surface area contributed by atoms with Crippen molar-refractivity contribution >= 4 is 27.1 Å². The lowest BCUT2D eigenvalue weighted by atomic mass is 10.2. The minimum absolute atomic E-state index is 0.0129. The SMILES string of the molecule is CC(C)[SiH]1O[SiH](C(C)C)O[Si](C(C)C)(C(C)OC(C)(C)C)O1. The predicted octanol–water partition coefficient (Wildman–Crippen LogP) is 3.91. The van der Waals surface area contributed by atoms with Crippen LogP contribution in [0.4, 0.5) is 0 Å². The van der Waals surface area contributed by atoms with Gasteiger partial charge in [0, 0.05) is 0 Å². The second-order valence-electron chi connectivity index (χ2n) is 8.35. The third-order valence-electron chi connectivity index (χ3n) is 3.86. The topological polar surface area (TPSA) is 36.9 Å². The van der Waals surface area contributed by atoms with E-state index in [2.05, 4.69) is 69.2 Å². The van der Waals surface area contributed by atoms with Crippen LogP contribution >= 0.6 is 0 Å². The third-order valence-corrected chi connectivity index (χ3v) is 15.8. The fraction of sp³-hybridized carbons (Fsp3) is 1.00. The molecule has 22 heavy (non-hydrogen) atoms. The van der Waals surface area contributed by atoms with Gasteiger partial charge in [0.15, 0.2) is 0 Å². The van der Waals surface area contributed by atoms with Crippen LogP contribution in [0.15, 0.2) is 0 Å². The van der Waals surface area contributed by atoms with E-state index >= 15 is 0 Å². The largest absolute Gasteiger partial charge is 0.420 e. The van der Waals surface area contributed by atoms with Crippen molar-refractivity contribution in [3.8, 4) is 0 Å². The van der Waals surface area contributed by atoms with Crippen molar-refractivity contribution in [1.82, 2.24) is 0 Å². The van der Waals surface area contributed by atoms with E-state index in [4.69, 9.17) is 17.1 Å². The van der Waals surface area contributed by atoms with Gasteiger partial charge in [-0.1, -0.05) is 41.5 Å². The molecule has 1 rings (SSSR count). The zero-order chi connectivity index (χ0) is 17.3. The van der Waals surface area contributed by atoms with Gasteiger partial charge in [0.2, 0.25) is 0 Å². The van der Waals surface area contributed by atoms with Gasteiger partial charge in [-0.25, -0.2) is 0 Å². The first kappa shape index (κ1) is 20.5. The number of hydrogen-bond donors (Lipinski definition) is 0. The fourth-order valence-corrected chi connectivity index (χ4v) is 18.7. The highest BCUT2D eigenvalue weighted by atomic mass is 28.5. The van der Waals surface area contributed by atoms with Gasteiger partial charge in [-0.2, -0.15) is 0 Å². The van der Waals surface area contributed by atoms with Gasteiger partial charge in [0.1, 0.15) is 0 Å². The van der Waals surface area contributed by atoms with Crippen molar-refractivity contribution < 1.29 is 17.1 Å². The average molecular weight is 365 g/mol. The molecule has 1 aliphatic heterocycles. The van der Waals surface area contributed by atoms with E-state index in [9.17, 15) is 0 Å². The number of rotatable bonds is 5. The summed E-state index contributed by atoms with van der Waals surface area (Å²) in [7, 11) is -5.85. The molecule has 0 bridgehead atoms. The summed E-state index contributed by atoms with van der Waals surface area (Å²) in [5.41, 5.74) is 1.11. The van der Waals surface area contributed by atoms with Gasteiger partial charge in [0.05, 0.1) is 11.3 Å². The molecule has 0 radical (unpaired) electrons. The highest BCUT2D eigenvalue weighted by Crippen LogP contribution is 2.38. The minimum Gasteiger partial charge on any atom is -0.420 e. The molecule has 4 nitrogen and oxygen atoms in total. The standard InChI is InChI=1S/C15H36O4Si3/c1-11(2)20-17-21(12(3)4)19-22(18-20,13(5)6)14(7)16-15(8,9)10/h11-14,20-21H,1-10H3. The lowest BCUT2D eigenvalue weighted by molar-refractivity contribution is -0.0366. The summed E-state index contributed by atoms with van der Waals surface area (Å²) in [5, 5.41) is 0. The Morgan fingerprint density at radius 1 is 0.818 bits per heavy atom. The first-order valence-electron chi connectivity index (χ1n) is 8.58. The highest BCUT2D eigenvalue weighted by molar-refractivity contribution is 6.85. The molecule has 0 aromatic rings. The van der Waals surface area contributed by atoms with Gasteiger partial charge >= 0.3 is 27.1 Å². The molecular weight excluding hydrogens is 328 g/mol. The summed E-state index contributed by atoms with van der Waals surface area (Å²) in [4.78, 5) is 0. The summed E-state index contributed by atoms with van der Waals surface area (Å²) in [6.45, 7) is 21.7. The molecule has 3 unspecified atom stereocenters. The maximum atomic E-state index is 6.63. The Morgan fingerprint density at radius 2 is 1.23 bits per heavy atom. The van der Waals surface area contributed by atoms with E-state index in [1.54, 1.807) is 0 Å². The summed E-state index contributed by atoms with van der Waals surface area (Å²) in [6.07, 6.45) is 0. The quantitative estimate of drug-likeness (QED) is 0.693. The van der Waals surface area contributed by atoms with Gasteiger partial charge in [-0.3, -0.25) is 0 Å². The van der Waals surface area contributed by atoms with Crippen LogP contribution in [-0.4, -0.2) is 38.5 Å². The van der Waals surface area contributed by atoms with Crippen LogP contribution in [0.1, 0.15) is 69.2 Å². The van der Waals surface area contributed by atoms with Gasteiger partial charge in [-0.05, 0) is 44.3 Å². The molecule has 132 valence electrons. The molecular formula is C15H36O4Si3. The minimum atomic E-state index is -2.45. The van der Waals surface area contributed by atoms with Crippen molar-refractivity contribution in [2.45, 2.75) is 97.2 Å². The summed E-state index contributed by atoms with van der Waals surface area (Å²) < 4.78 is 25.9. The highest BCUT2D eigenvalue weighted by Gasteiger charge is 2.56. The predicted molar refractivity (Wildman–Crippen MR) is 98.9 cm³/mol. The molecule has 0 N–H and O–H groups in total. The van der Waals surface area contributed by atoms with Crippen molar-refractivity contribution in [2.24, 2.45) is 0 Å². The molecule has 0 saturated carbocycles. The smallest absolute Gasteiger partial charge is 0.352 e. The normalized spacial score (nSPS) is 32.0. The number of ether oxygens (including phenoxy) is 1. The molecule has 1 saturated heterocycles. The molecule has 0 aliphatic carbocycles. The summed E-state index contributed by atoms with van der Waals surface area (Å²) >= 11 is 0. The van der Waals surface area contributed by atoms with Crippen molar-refractivity contribution in [3.05, 3.63) is 0 Å². The maximum Gasteiger partial charge on any atom is 0.352 e. The Bertz CT molecular complexity index is 339. The Labute approximate surface area is 141 Å². The third kappa shape index (κ3) is 4.99. The first-order valence-corrected chi connectivity index (χ1v) is 13.8. The summed E-state index contributed by atoms with van der Waals surface area (Å²) in [6, 6.07) is 0. The molecule has 1 aliphatic rings. The average Bonchev–Trinajstić information content (AvgIpc) is 2.35. The molecule has 3 atom stereocenters. The zero-order valence-electron chi connectivity index (χ0n) is 16.1. The molecule has 0 amide bonds. The van der Waals surface area contributed by atoms with E-state index in [1.165, 1.54) is 0 Å². The van der Waals surface area contributed by atoms with Crippen LogP contribution in [0.3, 0.4) is 0 Å². The van der Waals surface area contributed by atoms with Crippen LogP contribution < -0.4 is 0 Å². The Kier molecular flexibility index (Phi) is 7.08. The molecule has 1 fully saturated rings. The van der Waals surface area contributed by atoms with Crippen LogP contribution in [0.2, 0.25) is 16.6 Å². The lowest BCUT2D eigenvalue weighted by Crippen LogP contribution is -2.67. The van der Waals surface area contributed by atoms with E-state index in [1.807, 2.05) is 0 Å². The molecule has 0 aromatic carbocycles. The monoisotopic (exact) mass is 364 g/mol. The second-order valence-corrected chi connectivity index (χ2v) is 18.9. The van der Waals surface area contributed by atoms with E-state index in [0.717, 1.165) is 0 Å². The van der Waals surface area contributed by atoms with E-state index in [-0.39, 0.29) is 11.3 Å².